The van der Waals surface area contributed by atoms with Gasteiger partial charge in [-0.3, -0.25) is 14.8 Å². The van der Waals surface area contributed by atoms with Gasteiger partial charge in [-0.25, -0.2) is 4.98 Å². The molecule has 7 heteroatoms. The van der Waals surface area contributed by atoms with Crippen LogP contribution in [0.25, 0.3) is 0 Å². The number of aliphatic hydroxyl groups is 1. The molecule has 1 amide bonds. The molecule has 0 aliphatic carbocycles. The molecule has 3 N–H and O–H groups in total. The van der Waals surface area contributed by atoms with Gasteiger partial charge in [0.2, 0.25) is 0 Å². The first-order valence-corrected chi connectivity index (χ1v) is 7.50. The summed E-state index contributed by atoms with van der Waals surface area (Å²) in [5.74, 6) is -0.00284. The number of aryl methyl sites for hydroxylation is 1. The molecule has 1 fully saturated rings. The summed E-state index contributed by atoms with van der Waals surface area (Å²) in [6.45, 7) is 3.17. The number of piperidine rings is 1. The zero-order chi connectivity index (χ0) is 16.4. The molecule has 1 saturated heterocycles. The van der Waals surface area contributed by atoms with Crippen LogP contribution in [-0.2, 0) is 5.60 Å². The van der Waals surface area contributed by atoms with Crippen LogP contribution in [0.5, 0.6) is 0 Å². The van der Waals surface area contributed by atoms with Gasteiger partial charge in [0.25, 0.3) is 5.91 Å². The zero-order valence-electron chi connectivity index (χ0n) is 12.9. The Morgan fingerprint density at radius 3 is 2.61 bits per heavy atom. The van der Waals surface area contributed by atoms with E-state index < -0.39 is 11.5 Å². The van der Waals surface area contributed by atoms with Crippen molar-refractivity contribution in [1.82, 2.24) is 15.0 Å². The van der Waals surface area contributed by atoms with Gasteiger partial charge < -0.3 is 15.7 Å². The number of rotatable bonds is 3. The summed E-state index contributed by atoms with van der Waals surface area (Å²) in [4.78, 5) is 25.8. The van der Waals surface area contributed by atoms with Gasteiger partial charge in [-0.1, -0.05) is 6.07 Å². The number of nitrogens with zero attached hydrogens (tertiary/aromatic N) is 4. The lowest BCUT2D eigenvalue weighted by Gasteiger charge is -2.38. The third-order valence-electron chi connectivity index (χ3n) is 4.18. The molecule has 0 atom stereocenters. The van der Waals surface area contributed by atoms with Crippen LogP contribution in [0.4, 0.5) is 5.82 Å². The first-order valence-electron chi connectivity index (χ1n) is 7.50. The van der Waals surface area contributed by atoms with Crippen LogP contribution in [0.1, 0.15) is 34.6 Å². The van der Waals surface area contributed by atoms with Crippen LogP contribution >= 0.6 is 0 Å². The van der Waals surface area contributed by atoms with Gasteiger partial charge in [0.1, 0.15) is 17.1 Å². The molecule has 2 aromatic rings. The highest BCUT2D eigenvalue weighted by Gasteiger charge is 2.35. The molecule has 3 heterocycles. The minimum atomic E-state index is -0.932. The predicted molar refractivity (Wildman–Crippen MR) is 84.9 cm³/mol. The average Bonchev–Trinajstić information content (AvgIpc) is 2.56. The third-order valence-corrected chi connectivity index (χ3v) is 4.18. The van der Waals surface area contributed by atoms with E-state index >= 15 is 0 Å². The summed E-state index contributed by atoms with van der Waals surface area (Å²) in [6, 6.07) is 3.83. The van der Waals surface area contributed by atoms with Crippen molar-refractivity contribution in [3.63, 3.8) is 0 Å². The van der Waals surface area contributed by atoms with E-state index in [0.29, 0.717) is 37.4 Å². The Labute approximate surface area is 134 Å². The highest BCUT2D eigenvalue weighted by Crippen LogP contribution is 2.32. The lowest BCUT2D eigenvalue weighted by molar-refractivity contribution is 0.00746. The summed E-state index contributed by atoms with van der Waals surface area (Å²) in [7, 11) is 0. The first kappa shape index (κ1) is 15.4. The van der Waals surface area contributed by atoms with Crippen molar-refractivity contribution < 1.29 is 9.90 Å². The Kier molecular flexibility index (Phi) is 3.96. The number of amides is 1. The summed E-state index contributed by atoms with van der Waals surface area (Å²) < 4.78 is 0. The second-order valence-electron chi connectivity index (χ2n) is 5.87. The van der Waals surface area contributed by atoms with Crippen LogP contribution in [-0.4, -0.2) is 39.1 Å². The minimum absolute atomic E-state index is 0.142. The topological polar surface area (TPSA) is 105 Å². The molecule has 1 aliphatic rings. The van der Waals surface area contributed by atoms with E-state index in [4.69, 9.17) is 5.73 Å². The van der Waals surface area contributed by atoms with E-state index in [0.717, 1.165) is 5.56 Å². The number of hydrogen-bond acceptors (Lipinski definition) is 6. The summed E-state index contributed by atoms with van der Waals surface area (Å²) in [5, 5.41) is 10.8. The maximum absolute atomic E-state index is 11.2. The third kappa shape index (κ3) is 3.14. The van der Waals surface area contributed by atoms with E-state index in [9.17, 15) is 9.90 Å². The monoisotopic (exact) mass is 313 g/mol. The minimum Gasteiger partial charge on any atom is -0.383 e. The van der Waals surface area contributed by atoms with E-state index in [2.05, 4.69) is 15.0 Å². The maximum Gasteiger partial charge on any atom is 0.268 e. The number of nitrogens with two attached hydrogens (primary N) is 1. The fourth-order valence-electron chi connectivity index (χ4n) is 2.73. The Balaban J connectivity index is 1.74. The van der Waals surface area contributed by atoms with Crippen LogP contribution in [0.15, 0.2) is 30.7 Å². The molecule has 0 bridgehead atoms. The Hall–Kier alpha value is -2.54. The summed E-state index contributed by atoms with van der Waals surface area (Å²) in [5.41, 5.74) is 6.20. The molecular formula is C16H19N5O2. The van der Waals surface area contributed by atoms with Crippen molar-refractivity contribution in [2.24, 2.45) is 5.73 Å². The molecule has 1 aliphatic heterocycles. The number of primary amides is 1. The summed E-state index contributed by atoms with van der Waals surface area (Å²) >= 11 is 0. The van der Waals surface area contributed by atoms with Crippen LogP contribution in [0.3, 0.4) is 0 Å². The SMILES string of the molecule is Cc1ccc(C2(O)CCN(c3cncc(C(N)=O)n3)CC2)nc1. The first-order chi connectivity index (χ1) is 11.0. The maximum atomic E-state index is 11.2. The molecule has 0 unspecified atom stereocenters. The van der Waals surface area contributed by atoms with E-state index in [1.54, 1.807) is 12.4 Å². The Morgan fingerprint density at radius 1 is 1.26 bits per heavy atom. The van der Waals surface area contributed by atoms with Crippen molar-refractivity contribution in [2.75, 3.05) is 18.0 Å². The van der Waals surface area contributed by atoms with Gasteiger partial charge >= 0.3 is 0 Å². The second kappa shape index (κ2) is 5.92. The average molecular weight is 313 g/mol. The standard InChI is InChI=1S/C16H19N5O2/c1-11-2-3-13(19-8-11)16(23)4-6-21(7-5-16)14-10-18-9-12(20-14)15(17)22/h2-3,8-10,23H,4-7H2,1H3,(H2,17,22). The van der Waals surface area contributed by atoms with Gasteiger partial charge in [-0.05, 0) is 31.4 Å². The molecule has 0 spiro atoms. The molecule has 3 rings (SSSR count). The highest BCUT2D eigenvalue weighted by molar-refractivity contribution is 5.90. The molecule has 120 valence electrons. The Bertz CT molecular complexity index is 709. The van der Waals surface area contributed by atoms with Crippen molar-refractivity contribution in [3.05, 3.63) is 47.7 Å². The summed E-state index contributed by atoms with van der Waals surface area (Å²) in [6.07, 6.45) is 5.78. The zero-order valence-corrected chi connectivity index (χ0v) is 12.9. The number of pyridine rings is 1. The molecule has 0 aromatic carbocycles. The van der Waals surface area contributed by atoms with Crippen LogP contribution in [0, 0.1) is 6.92 Å². The van der Waals surface area contributed by atoms with E-state index in [-0.39, 0.29) is 5.69 Å². The van der Waals surface area contributed by atoms with Gasteiger partial charge in [0.15, 0.2) is 0 Å². The number of carbonyl (C=O) groups excluding carboxylic acids is 1. The molecule has 0 radical (unpaired) electrons. The number of hydrogen-bond donors (Lipinski definition) is 2. The molecule has 2 aromatic heterocycles. The van der Waals surface area contributed by atoms with Gasteiger partial charge in [0, 0.05) is 19.3 Å². The van der Waals surface area contributed by atoms with Gasteiger partial charge in [0.05, 0.1) is 18.1 Å². The predicted octanol–water partition coefficient (Wildman–Crippen LogP) is 0.767. The molecule has 0 saturated carbocycles. The lowest BCUT2D eigenvalue weighted by Crippen LogP contribution is -2.43. The lowest BCUT2D eigenvalue weighted by atomic mass is 9.87. The molecule has 7 nitrogen and oxygen atoms in total. The fraction of sp³-hybridized carbons (Fsp3) is 0.375. The van der Waals surface area contributed by atoms with Crippen LogP contribution < -0.4 is 10.6 Å². The van der Waals surface area contributed by atoms with Crippen molar-refractivity contribution in [2.45, 2.75) is 25.4 Å². The van der Waals surface area contributed by atoms with E-state index in [1.165, 1.54) is 6.20 Å². The van der Waals surface area contributed by atoms with Crippen LogP contribution in [0.2, 0.25) is 0 Å². The molecular weight excluding hydrogens is 294 g/mol. The van der Waals surface area contributed by atoms with Crippen molar-refractivity contribution >= 4 is 11.7 Å². The second-order valence-corrected chi connectivity index (χ2v) is 5.87. The van der Waals surface area contributed by atoms with E-state index in [1.807, 2.05) is 24.0 Å². The van der Waals surface area contributed by atoms with Gasteiger partial charge in [-0.2, -0.15) is 0 Å². The fourth-order valence-corrected chi connectivity index (χ4v) is 2.73. The number of carbonyl (C=O) groups is 1. The smallest absolute Gasteiger partial charge is 0.268 e. The highest BCUT2D eigenvalue weighted by atomic mass is 16.3. The Morgan fingerprint density at radius 2 is 2.00 bits per heavy atom. The quantitative estimate of drug-likeness (QED) is 0.867. The van der Waals surface area contributed by atoms with Gasteiger partial charge in [-0.15, -0.1) is 0 Å². The normalized spacial score (nSPS) is 17.0. The molecule has 23 heavy (non-hydrogen) atoms. The van der Waals surface area contributed by atoms with Crippen molar-refractivity contribution in [1.29, 1.82) is 0 Å². The number of anilines is 1. The van der Waals surface area contributed by atoms with Crippen molar-refractivity contribution in [3.8, 4) is 0 Å². The number of aromatic nitrogens is 3. The largest absolute Gasteiger partial charge is 0.383 e.